The number of nitro groups is 1. The lowest BCUT2D eigenvalue weighted by molar-refractivity contribution is -0.384. The van der Waals surface area contributed by atoms with E-state index >= 15 is 0 Å². The van der Waals surface area contributed by atoms with Crippen LogP contribution in [0.3, 0.4) is 0 Å². The van der Waals surface area contributed by atoms with E-state index in [9.17, 15) is 19.5 Å². The normalized spacial score (nSPS) is 11.2. The highest BCUT2D eigenvalue weighted by molar-refractivity contribution is 8.15. The van der Waals surface area contributed by atoms with Gasteiger partial charge in [-0.1, -0.05) is 12.1 Å². The lowest BCUT2D eigenvalue weighted by Gasteiger charge is -2.06. The summed E-state index contributed by atoms with van der Waals surface area (Å²) in [5.41, 5.74) is 1.03. The quantitative estimate of drug-likeness (QED) is 0.157. The van der Waals surface area contributed by atoms with E-state index in [1.807, 2.05) is 0 Å². The third-order valence-corrected chi connectivity index (χ3v) is 5.26. The monoisotopic (exact) mass is 381 g/mol. The third-order valence-electron chi connectivity index (χ3n) is 2.43. The molecule has 0 amide bonds. The minimum Gasteiger partial charge on any atom is -0.453 e. The molecule has 2 N–H and O–H groups in total. The Kier molecular flexibility index (Phi) is 8.64. The average Bonchev–Trinajstić information content (AvgIpc) is 2.48. The lowest BCUT2D eigenvalue weighted by atomic mass is 10.2. The number of rotatable bonds is 10. The van der Waals surface area contributed by atoms with Crippen molar-refractivity contribution >= 4 is 42.8 Å². The van der Waals surface area contributed by atoms with E-state index in [-0.39, 0.29) is 12.1 Å². The first kappa shape index (κ1) is 20.0. The van der Waals surface area contributed by atoms with Gasteiger partial charge in [0.15, 0.2) is 6.35 Å². The largest absolute Gasteiger partial charge is 0.453 e. The topological polar surface area (TPSA) is 127 Å². The molecule has 0 unspecified atom stereocenters. The molecule has 0 aromatic heterocycles. The van der Waals surface area contributed by atoms with Gasteiger partial charge in [0.1, 0.15) is 0 Å². The Balaban J connectivity index is 2.10. The molecular weight excluding hydrogens is 365 g/mol. The van der Waals surface area contributed by atoms with E-state index in [0.29, 0.717) is 11.5 Å². The second kappa shape index (κ2) is 9.94. The molecule has 1 rings (SSSR count). The highest BCUT2D eigenvalue weighted by atomic mass is 32.2. The highest BCUT2D eigenvalue weighted by Crippen LogP contribution is 2.34. The summed E-state index contributed by atoms with van der Waals surface area (Å²) >= 11 is 3.11. The third kappa shape index (κ3) is 9.62. The van der Waals surface area contributed by atoms with Crippen LogP contribution in [0.5, 0.6) is 0 Å². The summed E-state index contributed by atoms with van der Waals surface area (Å²) in [6, 6.07) is 6.32. The average molecular weight is 381 g/mol. The van der Waals surface area contributed by atoms with Crippen LogP contribution in [0, 0.1) is 10.1 Å². The fourth-order valence-electron chi connectivity index (χ4n) is 1.38. The number of benzene rings is 1. The molecule has 1 aromatic rings. The van der Waals surface area contributed by atoms with Crippen molar-refractivity contribution in [1.82, 2.24) is 0 Å². The second-order valence-corrected chi connectivity index (χ2v) is 8.40. The standard InChI is InChI=1S/C12H16NO7PS2/c14-12(20-8-21(17,18)19)5-6-22-9-23-7-10-1-3-11(4-2-10)13(15)16/h1-4H,5-9H2,(H2,17,18,19). The minimum absolute atomic E-state index is 0.0574. The summed E-state index contributed by atoms with van der Waals surface area (Å²) in [5.74, 6) is 0.558. The number of carbonyl (C=O) groups is 1. The summed E-state index contributed by atoms with van der Waals surface area (Å²) < 4.78 is 15.0. The van der Waals surface area contributed by atoms with Crippen LogP contribution in [0.4, 0.5) is 5.69 Å². The molecule has 0 spiro atoms. The Morgan fingerprint density at radius 2 is 1.91 bits per heavy atom. The molecule has 0 aliphatic carbocycles. The molecule has 23 heavy (non-hydrogen) atoms. The summed E-state index contributed by atoms with van der Waals surface area (Å²) in [4.78, 5) is 38.4. The number of nitro benzene ring substituents is 1. The number of ether oxygens (including phenoxy) is 1. The van der Waals surface area contributed by atoms with Crippen LogP contribution in [-0.4, -0.2) is 37.9 Å². The summed E-state index contributed by atoms with van der Waals surface area (Å²) in [6.45, 7) is 0. The first-order valence-electron chi connectivity index (χ1n) is 6.37. The van der Waals surface area contributed by atoms with Gasteiger partial charge in [0, 0.05) is 28.7 Å². The van der Waals surface area contributed by atoms with Gasteiger partial charge in [0.2, 0.25) is 0 Å². The maximum Gasteiger partial charge on any atom is 0.362 e. The molecule has 0 aliphatic heterocycles. The van der Waals surface area contributed by atoms with E-state index < -0.39 is 24.8 Å². The van der Waals surface area contributed by atoms with Gasteiger partial charge in [-0.2, -0.15) is 11.8 Å². The van der Waals surface area contributed by atoms with Crippen LogP contribution in [-0.2, 0) is 19.8 Å². The molecule has 0 saturated carbocycles. The number of non-ortho nitro benzene ring substituents is 1. The Morgan fingerprint density at radius 3 is 2.48 bits per heavy atom. The van der Waals surface area contributed by atoms with Crippen molar-refractivity contribution in [3.05, 3.63) is 39.9 Å². The van der Waals surface area contributed by atoms with Crippen molar-refractivity contribution in [3.8, 4) is 0 Å². The van der Waals surface area contributed by atoms with Gasteiger partial charge in [0.05, 0.1) is 11.3 Å². The Morgan fingerprint density at radius 1 is 1.26 bits per heavy atom. The minimum atomic E-state index is -4.31. The number of nitrogens with zero attached hydrogens (tertiary/aromatic N) is 1. The Hall–Kier alpha value is -1.06. The van der Waals surface area contributed by atoms with Crippen LogP contribution in [0.2, 0.25) is 0 Å². The van der Waals surface area contributed by atoms with Gasteiger partial charge in [0.25, 0.3) is 5.69 Å². The molecule has 1 aromatic carbocycles. The Labute approximate surface area is 141 Å². The SMILES string of the molecule is O=C(CCSCSCc1ccc([N+](=O)[O-])cc1)OCP(=O)(O)O. The van der Waals surface area contributed by atoms with Crippen LogP contribution in [0.1, 0.15) is 12.0 Å². The first-order valence-corrected chi connectivity index (χ1v) is 10.5. The van der Waals surface area contributed by atoms with Crippen molar-refractivity contribution in [2.45, 2.75) is 12.2 Å². The number of hydrogen-bond donors (Lipinski definition) is 2. The molecule has 0 fully saturated rings. The fraction of sp³-hybridized carbons (Fsp3) is 0.417. The number of thioether (sulfide) groups is 2. The molecule has 128 valence electrons. The maximum atomic E-state index is 11.2. The first-order chi connectivity index (χ1) is 10.8. The highest BCUT2D eigenvalue weighted by Gasteiger charge is 2.15. The van der Waals surface area contributed by atoms with E-state index in [1.165, 1.54) is 23.9 Å². The Bertz CT molecular complexity index is 575. The molecule has 8 nitrogen and oxygen atoms in total. The van der Waals surface area contributed by atoms with E-state index in [1.54, 1.807) is 23.9 Å². The van der Waals surface area contributed by atoms with Crippen molar-refractivity contribution < 1.29 is 28.8 Å². The summed E-state index contributed by atoms with van der Waals surface area (Å²) in [7, 11) is -4.31. The second-order valence-electron chi connectivity index (χ2n) is 4.36. The number of hydrogen-bond acceptors (Lipinski definition) is 7. The predicted octanol–water partition coefficient (Wildman–Crippen LogP) is 2.59. The van der Waals surface area contributed by atoms with E-state index in [0.717, 1.165) is 10.6 Å². The summed E-state index contributed by atoms with van der Waals surface area (Å²) in [5, 5.41) is 11.2. The zero-order valence-corrected chi connectivity index (χ0v) is 14.5. The zero-order chi connectivity index (χ0) is 17.3. The molecule has 11 heteroatoms. The van der Waals surface area contributed by atoms with Gasteiger partial charge >= 0.3 is 13.6 Å². The molecule has 0 heterocycles. The molecular formula is C12H16NO7PS2. The van der Waals surface area contributed by atoms with Gasteiger partial charge in [-0.15, -0.1) is 11.8 Å². The molecule has 0 radical (unpaired) electrons. The van der Waals surface area contributed by atoms with Crippen LogP contribution in [0.15, 0.2) is 24.3 Å². The van der Waals surface area contributed by atoms with Crippen molar-refractivity contribution in [2.75, 3.05) is 17.2 Å². The summed E-state index contributed by atoms with van der Waals surface area (Å²) in [6.07, 6.45) is -0.797. The van der Waals surface area contributed by atoms with Crippen molar-refractivity contribution in [2.24, 2.45) is 0 Å². The van der Waals surface area contributed by atoms with Crippen LogP contribution >= 0.6 is 31.1 Å². The fourth-order valence-corrected chi connectivity index (χ4v) is 3.70. The van der Waals surface area contributed by atoms with Gasteiger partial charge in [-0.05, 0) is 5.56 Å². The number of carbonyl (C=O) groups excluding carboxylic acids is 1. The molecule has 0 bridgehead atoms. The van der Waals surface area contributed by atoms with Gasteiger partial charge < -0.3 is 14.5 Å². The molecule has 0 aliphatic rings. The van der Waals surface area contributed by atoms with E-state index in [4.69, 9.17) is 9.79 Å². The van der Waals surface area contributed by atoms with Gasteiger partial charge in [-0.3, -0.25) is 19.5 Å². The maximum absolute atomic E-state index is 11.2. The smallest absolute Gasteiger partial charge is 0.362 e. The molecule has 0 atom stereocenters. The zero-order valence-electron chi connectivity index (χ0n) is 12.0. The predicted molar refractivity (Wildman–Crippen MR) is 89.3 cm³/mol. The van der Waals surface area contributed by atoms with Gasteiger partial charge in [-0.25, -0.2) is 0 Å². The molecule has 0 saturated heterocycles. The van der Waals surface area contributed by atoms with Crippen LogP contribution in [0.25, 0.3) is 0 Å². The number of esters is 1. The van der Waals surface area contributed by atoms with Crippen molar-refractivity contribution in [1.29, 1.82) is 0 Å². The van der Waals surface area contributed by atoms with E-state index in [2.05, 4.69) is 4.74 Å². The van der Waals surface area contributed by atoms with Crippen molar-refractivity contribution in [3.63, 3.8) is 0 Å². The lowest BCUT2D eigenvalue weighted by Crippen LogP contribution is -2.07. The van der Waals surface area contributed by atoms with Crippen LogP contribution < -0.4 is 0 Å².